The van der Waals surface area contributed by atoms with Gasteiger partial charge < -0.3 is 10.0 Å². The molecule has 0 spiro atoms. The number of rotatable bonds is 4. The van der Waals surface area contributed by atoms with Crippen LogP contribution in [0.4, 0.5) is 0 Å². The molecule has 1 atom stereocenters. The molecule has 130 valence electrons. The molecule has 3 aromatic rings. The minimum absolute atomic E-state index is 0.0136. The highest BCUT2D eigenvalue weighted by molar-refractivity contribution is 7.20. The van der Waals surface area contributed by atoms with Crippen LogP contribution in [0.5, 0.6) is 0 Å². The lowest BCUT2D eigenvalue weighted by molar-refractivity contribution is 0.0532. The van der Waals surface area contributed by atoms with Crippen molar-refractivity contribution in [3.8, 4) is 0 Å². The van der Waals surface area contributed by atoms with Crippen LogP contribution < -0.4 is 0 Å². The van der Waals surface area contributed by atoms with Crippen LogP contribution in [0.2, 0.25) is 0 Å². The number of aromatic nitrogens is 1. The molecule has 7 heteroatoms. The molecule has 0 unspecified atom stereocenters. The predicted octanol–water partition coefficient (Wildman–Crippen LogP) is 2.85. The minimum Gasteiger partial charge on any atom is -0.386 e. The summed E-state index contributed by atoms with van der Waals surface area (Å²) in [5.74, 6) is 0.0136. The van der Waals surface area contributed by atoms with E-state index in [2.05, 4.69) is 9.88 Å². The summed E-state index contributed by atoms with van der Waals surface area (Å²) in [6.45, 7) is 3.51. The first-order chi connectivity index (χ1) is 12.2. The van der Waals surface area contributed by atoms with Crippen molar-refractivity contribution in [3.05, 3.63) is 51.7 Å². The summed E-state index contributed by atoms with van der Waals surface area (Å²) in [5.41, 5.74) is 0.883. The average molecular weight is 374 g/mol. The van der Waals surface area contributed by atoms with Crippen LogP contribution in [0.1, 0.15) is 20.8 Å². The molecule has 1 aromatic carbocycles. The van der Waals surface area contributed by atoms with Crippen LogP contribution in [0.25, 0.3) is 10.2 Å². The van der Waals surface area contributed by atoms with Crippen LogP contribution >= 0.6 is 22.7 Å². The lowest BCUT2D eigenvalue weighted by Gasteiger charge is -2.35. The van der Waals surface area contributed by atoms with Crippen LogP contribution in [0.15, 0.2) is 41.8 Å². The summed E-state index contributed by atoms with van der Waals surface area (Å²) in [7, 11) is 0. The van der Waals surface area contributed by atoms with E-state index in [1.807, 2.05) is 46.7 Å². The summed E-state index contributed by atoms with van der Waals surface area (Å²) >= 11 is 3.03. The maximum atomic E-state index is 12.7. The molecule has 1 aliphatic heterocycles. The lowest BCUT2D eigenvalue weighted by atomic mass is 10.2. The Morgan fingerprint density at radius 2 is 1.96 bits per heavy atom. The normalized spacial score (nSPS) is 17.1. The van der Waals surface area contributed by atoms with E-state index in [-0.39, 0.29) is 5.91 Å². The van der Waals surface area contributed by atoms with Crippen molar-refractivity contribution in [2.45, 2.75) is 6.10 Å². The Bertz CT molecular complexity index is 821. The second-order valence-electron chi connectivity index (χ2n) is 6.11. The molecule has 1 saturated heterocycles. The zero-order valence-electron chi connectivity index (χ0n) is 13.7. The largest absolute Gasteiger partial charge is 0.386 e. The fraction of sp³-hybridized carbons (Fsp3) is 0.333. The molecule has 25 heavy (non-hydrogen) atoms. The van der Waals surface area contributed by atoms with E-state index in [4.69, 9.17) is 0 Å². The van der Waals surface area contributed by atoms with Gasteiger partial charge in [-0.3, -0.25) is 9.69 Å². The molecular weight excluding hydrogens is 354 g/mol. The number of hydrogen-bond donors (Lipinski definition) is 1. The Hall–Kier alpha value is -1.80. The zero-order valence-corrected chi connectivity index (χ0v) is 15.3. The Labute approximate surface area is 154 Å². The summed E-state index contributed by atoms with van der Waals surface area (Å²) in [4.78, 5) is 22.2. The Kier molecular flexibility index (Phi) is 4.80. The van der Waals surface area contributed by atoms with Gasteiger partial charge in [-0.15, -0.1) is 22.7 Å². The molecule has 0 bridgehead atoms. The number of carbonyl (C=O) groups excluding carboxylic acids is 1. The number of thiophene rings is 1. The van der Waals surface area contributed by atoms with Crippen molar-refractivity contribution >= 4 is 38.8 Å². The summed E-state index contributed by atoms with van der Waals surface area (Å²) in [5, 5.41) is 12.8. The molecule has 0 radical (unpaired) electrons. The number of thiazole rings is 1. The summed E-state index contributed by atoms with van der Waals surface area (Å²) in [6.07, 6.45) is -0.452. The van der Waals surface area contributed by atoms with Gasteiger partial charge >= 0.3 is 0 Å². The molecular formula is C18H19N3O2S2. The number of benzene rings is 1. The number of aliphatic hydroxyl groups is 1. The third-order valence-electron chi connectivity index (χ3n) is 4.44. The van der Waals surface area contributed by atoms with Gasteiger partial charge in [-0.2, -0.15) is 0 Å². The first-order valence-corrected chi connectivity index (χ1v) is 9.99. The van der Waals surface area contributed by atoms with Gasteiger partial charge in [0, 0.05) is 37.6 Å². The summed E-state index contributed by atoms with van der Waals surface area (Å²) in [6, 6.07) is 11.8. The third-order valence-corrected chi connectivity index (χ3v) is 6.44. The number of nitrogens with zero attached hydrogens (tertiary/aromatic N) is 3. The lowest BCUT2D eigenvalue weighted by Crippen LogP contribution is -2.49. The number of β-amino-alcohol motifs (C(OH)–C–C–N with tert-alkyl or cyclic N) is 1. The monoisotopic (exact) mass is 373 g/mol. The van der Waals surface area contributed by atoms with Crippen molar-refractivity contribution in [3.63, 3.8) is 0 Å². The smallest absolute Gasteiger partial charge is 0.282 e. The van der Waals surface area contributed by atoms with Gasteiger partial charge in [-0.1, -0.05) is 18.2 Å². The standard InChI is InChI=1S/C18H19N3O2S2/c22-14(16-6-3-11-24-16)12-20-7-9-21(10-8-20)18(23)17-19-13-4-1-2-5-15(13)25-17/h1-6,11,14,22H,7-10,12H2/t14-/m0/s1. The molecule has 1 fully saturated rings. The number of hydrogen-bond acceptors (Lipinski definition) is 6. The maximum absolute atomic E-state index is 12.7. The second-order valence-corrected chi connectivity index (χ2v) is 8.12. The van der Waals surface area contributed by atoms with Gasteiger partial charge in [0.15, 0.2) is 5.01 Å². The van der Waals surface area contributed by atoms with Crippen molar-refractivity contribution in [2.24, 2.45) is 0 Å². The van der Waals surface area contributed by atoms with Gasteiger partial charge in [0.2, 0.25) is 0 Å². The fourth-order valence-electron chi connectivity index (χ4n) is 3.05. The van der Waals surface area contributed by atoms with E-state index in [0.717, 1.165) is 28.2 Å². The second kappa shape index (κ2) is 7.21. The van der Waals surface area contributed by atoms with E-state index in [0.29, 0.717) is 24.6 Å². The molecule has 3 heterocycles. The minimum atomic E-state index is -0.452. The van der Waals surface area contributed by atoms with Crippen LogP contribution in [0, 0.1) is 0 Å². The SMILES string of the molecule is O=C(c1nc2ccccc2s1)N1CCN(C[C@H](O)c2cccs2)CC1. The van der Waals surface area contributed by atoms with E-state index < -0.39 is 6.10 Å². The Balaban J connectivity index is 1.35. The van der Waals surface area contributed by atoms with Gasteiger partial charge in [0.25, 0.3) is 5.91 Å². The number of piperazine rings is 1. The third kappa shape index (κ3) is 3.59. The first-order valence-electron chi connectivity index (χ1n) is 8.29. The number of aliphatic hydroxyl groups excluding tert-OH is 1. The molecule has 5 nitrogen and oxygen atoms in total. The van der Waals surface area contributed by atoms with E-state index in [1.165, 1.54) is 11.3 Å². The van der Waals surface area contributed by atoms with Crippen LogP contribution in [-0.4, -0.2) is 58.5 Å². The number of fused-ring (bicyclic) bond motifs is 1. The molecule has 1 amide bonds. The van der Waals surface area contributed by atoms with E-state index in [1.54, 1.807) is 11.3 Å². The maximum Gasteiger partial charge on any atom is 0.282 e. The quantitative estimate of drug-likeness (QED) is 0.764. The van der Waals surface area contributed by atoms with E-state index >= 15 is 0 Å². The number of carbonyl (C=O) groups is 1. The van der Waals surface area contributed by atoms with Gasteiger partial charge in [-0.25, -0.2) is 4.98 Å². The zero-order chi connectivity index (χ0) is 17.2. The van der Waals surface area contributed by atoms with Gasteiger partial charge in [0.05, 0.1) is 10.2 Å². The highest BCUT2D eigenvalue weighted by Crippen LogP contribution is 2.24. The molecule has 1 N–H and O–H groups in total. The van der Waals surface area contributed by atoms with Crippen LogP contribution in [0.3, 0.4) is 0 Å². The Morgan fingerprint density at radius 3 is 2.68 bits per heavy atom. The summed E-state index contributed by atoms with van der Waals surface area (Å²) < 4.78 is 1.04. The molecule has 2 aromatic heterocycles. The van der Waals surface area contributed by atoms with Crippen molar-refractivity contribution in [1.82, 2.24) is 14.8 Å². The van der Waals surface area contributed by atoms with Gasteiger partial charge in [-0.05, 0) is 23.6 Å². The first kappa shape index (κ1) is 16.7. The average Bonchev–Trinajstić information content (AvgIpc) is 3.31. The van der Waals surface area contributed by atoms with Crippen LogP contribution in [-0.2, 0) is 0 Å². The topological polar surface area (TPSA) is 56.7 Å². The highest BCUT2D eigenvalue weighted by Gasteiger charge is 2.25. The fourth-order valence-corrected chi connectivity index (χ4v) is 4.68. The van der Waals surface area contributed by atoms with E-state index in [9.17, 15) is 9.90 Å². The Morgan fingerprint density at radius 1 is 1.16 bits per heavy atom. The highest BCUT2D eigenvalue weighted by atomic mass is 32.1. The molecule has 0 saturated carbocycles. The van der Waals surface area contributed by atoms with Gasteiger partial charge in [0.1, 0.15) is 6.10 Å². The van der Waals surface area contributed by atoms with Crippen molar-refractivity contribution < 1.29 is 9.90 Å². The number of para-hydroxylation sites is 1. The van der Waals surface area contributed by atoms with Crippen molar-refractivity contribution in [1.29, 1.82) is 0 Å². The predicted molar refractivity (Wildman–Crippen MR) is 101 cm³/mol. The number of amides is 1. The van der Waals surface area contributed by atoms with Crippen molar-refractivity contribution in [2.75, 3.05) is 32.7 Å². The molecule has 1 aliphatic rings. The molecule has 4 rings (SSSR count). The molecule has 0 aliphatic carbocycles.